The molecular formula is C9H9ClFN. The van der Waals surface area contributed by atoms with Gasteiger partial charge in [0.25, 0.3) is 0 Å². The number of hydrogen-bond donors (Lipinski definition) is 1. The molecule has 1 saturated carbocycles. The van der Waals surface area contributed by atoms with Crippen LogP contribution in [0, 0.1) is 5.82 Å². The van der Waals surface area contributed by atoms with Crippen molar-refractivity contribution >= 4 is 11.6 Å². The maximum absolute atomic E-state index is 13.3. The van der Waals surface area contributed by atoms with Crippen LogP contribution in [0.1, 0.15) is 17.9 Å². The van der Waals surface area contributed by atoms with Crippen molar-refractivity contribution in [1.82, 2.24) is 0 Å². The molecule has 1 aromatic rings. The number of halogens is 2. The van der Waals surface area contributed by atoms with Crippen molar-refractivity contribution in [2.75, 3.05) is 0 Å². The van der Waals surface area contributed by atoms with Crippen LogP contribution in [-0.4, -0.2) is 6.04 Å². The first-order chi connectivity index (χ1) is 5.70. The molecule has 0 spiro atoms. The van der Waals surface area contributed by atoms with Crippen molar-refractivity contribution < 1.29 is 4.39 Å². The molecule has 64 valence electrons. The molecule has 2 atom stereocenters. The molecule has 3 heteroatoms. The normalized spacial score (nSPS) is 27.2. The molecule has 2 rings (SSSR count). The molecule has 0 amide bonds. The van der Waals surface area contributed by atoms with Crippen LogP contribution in [0.25, 0.3) is 0 Å². The lowest BCUT2D eigenvalue weighted by molar-refractivity contribution is 0.610. The monoisotopic (exact) mass is 185 g/mol. The highest BCUT2D eigenvalue weighted by molar-refractivity contribution is 6.30. The van der Waals surface area contributed by atoms with Crippen molar-refractivity contribution in [1.29, 1.82) is 0 Å². The van der Waals surface area contributed by atoms with Gasteiger partial charge >= 0.3 is 0 Å². The van der Waals surface area contributed by atoms with E-state index in [0.717, 1.165) is 6.42 Å². The molecule has 0 unspecified atom stereocenters. The fourth-order valence-corrected chi connectivity index (χ4v) is 1.56. The van der Waals surface area contributed by atoms with E-state index in [-0.39, 0.29) is 22.8 Å². The summed E-state index contributed by atoms with van der Waals surface area (Å²) in [5.41, 5.74) is 6.27. The molecule has 1 aliphatic carbocycles. The van der Waals surface area contributed by atoms with Crippen molar-refractivity contribution in [3.63, 3.8) is 0 Å². The summed E-state index contributed by atoms with van der Waals surface area (Å²) in [6.45, 7) is 0. The van der Waals surface area contributed by atoms with Gasteiger partial charge in [-0.25, -0.2) is 4.39 Å². The Hall–Kier alpha value is -0.600. The lowest BCUT2D eigenvalue weighted by Crippen LogP contribution is -2.02. The Bertz CT molecular complexity index is 313. The number of benzene rings is 1. The second kappa shape index (κ2) is 2.71. The summed E-state index contributed by atoms with van der Waals surface area (Å²) in [5.74, 6) is -0.124. The van der Waals surface area contributed by atoms with Crippen LogP contribution < -0.4 is 5.73 Å². The van der Waals surface area contributed by atoms with Gasteiger partial charge in [-0.3, -0.25) is 0 Å². The lowest BCUT2D eigenvalue weighted by Gasteiger charge is -2.01. The first-order valence-corrected chi connectivity index (χ1v) is 4.27. The smallest absolute Gasteiger partial charge is 0.145 e. The molecule has 0 bridgehead atoms. The standard InChI is InChI=1S/C9H9ClFN/c10-7-3-1-2-5(9(7)11)6-4-8(6)12/h1-3,6,8H,4,12H2/t6-,8+/m0/s1. The van der Waals surface area contributed by atoms with E-state index in [0.29, 0.717) is 5.56 Å². The third-order valence-corrected chi connectivity index (χ3v) is 2.51. The van der Waals surface area contributed by atoms with Crippen LogP contribution in [0.15, 0.2) is 18.2 Å². The van der Waals surface area contributed by atoms with Crippen LogP contribution in [0.5, 0.6) is 0 Å². The largest absolute Gasteiger partial charge is 0.327 e. The Kier molecular flexibility index (Phi) is 1.81. The van der Waals surface area contributed by atoms with Gasteiger partial charge in [0, 0.05) is 12.0 Å². The summed E-state index contributed by atoms with van der Waals surface area (Å²) in [6, 6.07) is 5.18. The number of hydrogen-bond acceptors (Lipinski definition) is 1. The Balaban J connectivity index is 2.38. The van der Waals surface area contributed by atoms with Crippen molar-refractivity contribution in [3.8, 4) is 0 Å². The zero-order valence-corrected chi connectivity index (χ0v) is 7.18. The zero-order chi connectivity index (χ0) is 8.72. The van der Waals surface area contributed by atoms with E-state index in [4.69, 9.17) is 17.3 Å². The minimum atomic E-state index is -0.308. The van der Waals surface area contributed by atoms with Gasteiger partial charge in [0.05, 0.1) is 5.02 Å². The van der Waals surface area contributed by atoms with Gasteiger partial charge in [-0.1, -0.05) is 23.7 Å². The average Bonchev–Trinajstić information content (AvgIpc) is 2.73. The SMILES string of the molecule is N[C@@H]1C[C@H]1c1cccc(Cl)c1F. The maximum atomic E-state index is 13.3. The summed E-state index contributed by atoms with van der Waals surface area (Å²) >= 11 is 5.62. The van der Waals surface area contributed by atoms with Gasteiger partial charge in [0.15, 0.2) is 0 Å². The summed E-state index contributed by atoms with van der Waals surface area (Å²) < 4.78 is 13.3. The predicted octanol–water partition coefficient (Wildman–Crippen LogP) is 2.29. The topological polar surface area (TPSA) is 26.0 Å². The molecule has 1 aliphatic rings. The Morgan fingerprint density at radius 3 is 2.75 bits per heavy atom. The third kappa shape index (κ3) is 1.21. The Morgan fingerprint density at radius 1 is 1.50 bits per heavy atom. The van der Waals surface area contributed by atoms with E-state index in [2.05, 4.69) is 0 Å². The number of rotatable bonds is 1. The fourth-order valence-electron chi connectivity index (χ4n) is 1.38. The number of nitrogens with two attached hydrogens (primary N) is 1. The van der Waals surface area contributed by atoms with Gasteiger partial charge < -0.3 is 5.73 Å². The van der Waals surface area contributed by atoms with Crippen molar-refractivity contribution in [3.05, 3.63) is 34.6 Å². The highest BCUT2D eigenvalue weighted by Crippen LogP contribution is 2.41. The quantitative estimate of drug-likeness (QED) is 0.714. The first-order valence-electron chi connectivity index (χ1n) is 3.89. The summed E-state index contributed by atoms with van der Waals surface area (Å²) in [5, 5.41) is 0.187. The lowest BCUT2D eigenvalue weighted by atomic mass is 10.1. The molecule has 0 radical (unpaired) electrons. The molecule has 1 aromatic carbocycles. The second-order valence-electron chi connectivity index (χ2n) is 3.15. The van der Waals surface area contributed by atoms with Crippen LogP contribution in [-0.2, 0) is 0 Å². The maximum Gasteiger partial charge on any atom is 0.145 e. The van der Waals surface area contributed by atoms with Crippen LogP contribution in [0.2, 0.25) is 5.02 Å². The van der Waals surface area contributed by atoms with Gasteiger partial charge in [-0.2, -0.15) is 0 Å². The molecule has 0 aromatic heterocycles. The van der Waals surface area contributed by atoms with Gasteiger partial charge in [0.2, 0.25) is 0 Å². The van der Waals surface area contributed by atoms with E-state index in [1.807, 2.05) is 0 Å². The molecule has 1 nitrogen and oxygen atoms in total. The van der Waals surface area contributed by atoms with Crippen molar-refractivity contribution in [2.24, 2.45) is 5.73 Å². The van der Waals surface area contributed by atoms with Gasteiger partial charge in [-0.15, -0.1) is 0 Å². The zero-order valence-electron chi connectivity index (χ0n) is 6.43. The summed E-state index contributed by atoms with van der Waals surface area (Å²) in [4.78, 5) is 0. The molecule has 12 heavy (non-hydrogen) atoms. The van der Waals surface area contributed by atoms with Crippen LogP contribution >= 0.6 is 11.6 Å². The summed E-state index contributed by atoms with van der Waals surface area (Å²) in [6.07, 6.45) is 0.872. The summed E-state index contributed by atoms with van der Waals surface area (Å²) in [7, 11) is 0. The minimum Gasteiger partial charge on any atom is -0.327 e. The molecule has 0 aliphatic heterocycles. The van der Waals surface area contributed by atoms with E-state index < -0.39 is 0 Å². The van der Waals surface area contributed by atoms with Crippen LogP contribution in [0.3, 0.4) is 0 Å². The minimum absolute atomic E-state index is 0.123. The Morgan fingerprint density at radius 2 is 2.17 bits per heavy atom. The van der Waals surface area contributed by atoms with Gasteiger partial charge in [-0.05, 0) is 18.1 Å². The average molecular weight is 186 g/mol. The Labute approximate surface area is 75.3 Å². The van der Waals surface area contributed by atoms with E-state index >= 15 is 0 Å². The molecule has 2 N–H and O–H groups in total. The molecular weight excluding hydrogens is 177 g/mol. The fraction of sp³-hybridized carbons (Fsp3) is 0.333. The first kappa shape index (κ1) is 8.02. The third-order valence-electron chi connectivity index (χ3n) is 2.22. The van der Waals surface area contributed by atoms with E-state index in [1.165, 1.54) is 0 Å². The molecule has 0 saturated heterocycles. The van der Waals surface area contributed by atoms with E-state index in [9.17, 15) is 4.39 Å². The molecule has 1 fully saturated rings. The van der Waals surface area contributed by atoms with Gasteiger partial charge in [0.1, 0.15) is 5.82 Å². The van der Waals surface area contributed by atoms with Crippen LogP contribution in [0.4, 0.5) is 4.39 Å². The highest BCUT2D eigenvalue weighted by atomic mass is 35.5. The molecule has 0 heterocycles. The van der Waals surface area contributed by atoms with E-state index in [1.54, 1.807) is 18.2 Å². The highest BCUT2D eigenvalue weighted by Gasteiger charge is 2.36. The predicted molar refractivity (Wildman–Crippen MR) is 46.7 cm³/mol. The van der Waals surface area contributed by atoms with Crippen molar-refractivity contribution in [2.45, 2.75) is 18.4 Å². The second-order valence-corrected chi connectivity index (χ2v) is 3.56.